The van der Waals surface area contributed by atoms with Crippen LogP contribution >= 0.6 is 11.6 Å². The summed E-state index contributed by atoms with van der Waals surface area (Å²) in [5.74, 6) is 1.39. The second-order valence-corrected chi connectivity index (χ2v) is 10.1. The summed E-state index contributed by atoms with van der Waals surface area (Å²) in [6.07, 6.45) is 7.78. The van der Waals surface area contributed by atoms with E-state index in [1.54, 1.807) is 7.11 Å². The quantitative estimate of drug-likeness (QED) is 0.342. The van der Waals surface area contributed by atoms with Gasteiger partial charge in [0.25, 0.3) is 0 Å². The zero-order valence-corrected chi connectivity index (χ0v) is 19.0. The van der Waals surface area contributed by atoms with Crippen molar-refractivity contribution in [2.24, 2.45) is 5.41 Å². The zero-order chi connectivity index (χ0) is 22.0. The molecule has 3 aromatic rings. The Morgan fingerprint density at radius 3 is 2.69 bits per heavy atom. The summed E-state index contributed by atoms with van der Waals surface area (Å²) in [5.41, 5.74) is 6.02. The van der Waals surface area contributed by atoms with Gasteiger partial charge in [0, 0.05) is 34.5 Å². The van der Waals surface area contributed by atoms with Gasteiger partial charge in [-0.25, -0.2) is 0 Å². The van der Waals surface area contributed by atoms with Crippen LogP contribution in [0.25, 0.3) is 22.2 Å². The number of halogens is 1. The summed E-state index contributed by atoms with van der Waals surface area (Å²) in [5, 5.41) is 0.937. The highest BCUT2D eigenvalue weighted by Gasteiger charge is 2.62. The van der Waals surface area contributed by atoms with Gasteiger partial charge in [-0.3, -0.25) is 9.59 Å². The molecule has 4 nitrogen and oxygen atoms in total. The standard InChI is InChI=1S/C27H26ClNO3/c1-32-18-8-10-19-21(12-18)22-13-27(22,26(28)31)15-29-23-11-16(14-30)7-9-20(23)24(25(19)29)17-5-3-2-4-6-17/h7-12,14,17,22H,2-6,13,15H2,1H3. The highest BCUT2D eigenvalue weighted by atomic mass is 35.5. The highest BCUT2D eigenvalue weighted by Crippen LogP contribution is 2.66. The first-order valence-electron chi connectivity index (χ1n) is 11.6. The molecule has 0 radical (unpaired) electrons. The maximum atomic E-state index is 12.7. The Kier molecular flexibility index (Phi) is 4.52. The lowest BCUT2D eigenvalue weighted by atomic mass is 9.81. The number of fused-ring (bicyclic) bond motifs is 7. The van der Waals surface area contributed by atoms with Crippen LogP contribution in [-0.2, 0) is 11.3 Å². The van der Waals surface area contributed by atoms with E-state index in [9.17, 15) is 9.59 Å². The average molecular weight is 448 g/mol. The molecule has 1 aromatic heterocycles. The molecule has 6 rings (SSSR count). The van der Waals surface area contributed by atoms with Crippen LogP contribution < -0.4 is 4.74 Å². The van der Waals surface area contributed by atoms with Crippen LogP contribution in [0.1, 0.15) is 71.8 Å². The number of ether oxygens (including phenoxy) is 1. The van der Waals surface area contributed by atoms with Crippen molar-refractivity contribution in [3.63, 3.8) is 0 Å². The van der Waals surface area contributed by atoms with Crippen molar-refractivity contribution < 1.29 is 14.3 Å². The van der Waals surface area contributed by atoms with Crippen molar-refractivity contribution in [3.05, 3.63) is 53.1 Å². The van der Waals surface area contributed by atoms with E-state index in [-0.39, 0.29) is 11.2 Å². The fraction of sp³-hybridized carbons (Fsp3) is 0.407. The fourth-order valence-corrected chi connectivity index (χ4v) is 6.62. The molecule has 2 atom stereocenters. The van der Waals surface area contributed by atoms with E-state index in [4.69, 9.17) is 16.3 Å². The highest BCUT2D eigenvalue weighted by molar-refractivity contribution is 6.65. The average Bonchev–Trinajstić information content (AvgIpc) is 3.50. The molecule has 2 unspecified atom stereocenters. The SMILES string of the molecule is COc1ccc2c(c1)C1CC1(C(=O)Cl)Cn1c-2c(C2CCCCC2)c2ccc(C=O)cc21. The van der Waals surface area contributed by atoms with Crippen LogP contribution in [-0.4, -0.2) is 23.2 Å². The molecule has 0 amide bonds. The molecule has 2 aromatic carbocycles. The third kappa shape index (κ3) is 2.75. The molecular weight excluding hydrogens is 422 g/mol. The predicted molar refractivity (Wildman–Crippen MR) is 126 cm³/mol. The second kappa shape index (κ2) is 7.21. The van der Waals surface area contributed by atoms with Gasteiger partial charge < -0.3 is 9.30 Å². The van der Waals surface area contributed by atoms with E-state index in [0.717, 1.165) is 29.5 Å². The van der Waals surface area contributed by atoms with Crippen molar-refractivity contribution in [2.75, 3.05) is 7.11 Å². The Balaban J connectivity index is 1.70. The van der Waals surface area contributed by atoms with Crippen LogP contribution in [0.2, 0.25) is 0 Å². The Hall–Kier alpha value is -2.59. The lowest BCUT2D eigenvalue weighted by molar-refractivity contribution is -0.116. The molecule has 2 fully saturated rings. The molecule has 164 valence electrons. The number of aromatic nitrogens is 1. The van der Waals surface area contributed by atoms with Crippen LogP contribution in [0, 0.1) is 5.41 Å². The maximum absolute atomic E-state index is 12.7. The fourth-order valence-electron chi connectivity index (χ4n) is 6.35. The topological polar surface area (TPSA) is 48.3 Å². The number of carbonyl (C=O) groups is 2. The molecule has 32 heavy (non-hydrogen) atoms. The molecule has 5 heteroatoms. The number of hydrogen-bond acceptors (Lipinski definition) is 3. The number of benzene rings is 2. The number of rotatable bonds is 4. The Bertz CT molecular complexity index is 1270. The molecular formula is C27H26ClNO3. The molecule has 3 aliphatic rings. The van der Waals surface area contributed by atoms with Crippen molar-refractivity contribution in [2.45, 2.75) is 56.9 Å². The molecule has 0 bridgehead atoms. The van der Waals surface area contributed by atoms with E-state index in [1.165, 1.54) is 54.3 Å². The molecule has 2 saturated carbocycles. The van der Waals surface area contributed by atoms with Gasteiger partial charge >= 0.3 is 0 Å². The van der Waals surface area contributed by atoms with Gasteiger partial charge in [-0.05, 0) is 72.2 Å². The largest absolute Gasteiger partial charge is 0.497 e. The van der Waals surface area contributed by atoms with Crippen LogP contribution in [0.15, 0.2) is 36.4 Å². The summed E-state index contributed by atoms with van der Waals surface area (Å²) in [7, 11) is 1.68. The van der Waals surface area contributed by atoms with Crippen LogP contribution in [0.5, 0.6) is 5.75 Å². The Morgan fingerprint density at radius 2 is 1.97 bits per heavy atom. The summed E-state index contributed by atoms with van der Waals surface area (Å²) < 4.78 is 7.84. The maximum Gasteiger partial charge on any atom is 0.230 e. The van der Waals surface area contributed by atoms with Gasteiger partial charge in [0.2, 0.25) is 5.24 Å². The minimum absolute atomic E-state index is 0.0982. The van der Waals surface area contributed by atoms with Crippen molar-refractivity contribution in [1.82, 2.24) is 4.57 Å². The Labute approximate surface area is 192 Å². The minimum Gasteiger partial charge on any atom is -0.497 e. The summed E-state index contributed by atoms with van der Waals surface area (Å²) in [4.78, 5) is 24.3. The van der Waals surface area contributed by atoms with E-state index < -0.39 is 5.41 Å². The molecule has 1 aliphatic heterocycles. The minimum atomic E-state index is -0.596. The predicted octanol–water partition coefficient (Wildman–Crippen LogP) is 6.43. The smallest absolute Gasteiger partial charge is 0.230 e. The van der Waals surface area contributed by atoms with Gasteiger partial charge in [0.1, 0.15) is 12.0 Å². The number of carbonyl (C=O) groups excluding carboxylic acids is 2. The number of hydrogen-bond donors (Lipinski definition) is 0. The first kappa shape index (κ1) is 20.0. The second-order valence-electron chi connectivity index (χ2n) is 9.72. The number of nitrogens with zero attached hydrogens (tertiary/aromatic N) is 1. The van der Waals surface area contributed by atoms with Crippen molar-refractivity contribution >= 4 is 34.0 Å². The third-order valence-electron chi connectivity index (χ3n) is 8.07. The lowest BCUT2D eigenvalue weighted by Gasteiger charge is -2.24. The molecule has 2 heterocycles. The van der Waals surface area contributed by atoms with Gasteiger partial charge in [-0.1, -0.05) is 31.4 Å². The number of aldehydes is 1. The normalized spacial score (nSPS) is 24.2. The van der Waals surface area contributed by atoms with Crippen LogP contribution in [0.4, 0.5) is 0 Å². The molecule has 0 N–H and O–H groups in total. The molecule has 0 spiro atoms. The van der Waals surface area contributed by atoms with E-state index in [0.29, 0.717) is 18.0 Å². The number of methoxy groups -OCH3 is 1. The van der Waals surface area contributed by atoms with E-state index in [2.05, 4.69) is 22.8 Å². The van der Waals surface area contributed by atoms with Gasteiger partial charge in [-0.15, -0.1) is 0 Å². The monoisotopic (exact) mass is 447 g/mol. The molecule has 0 saturated heterocycles. The zero-order valence-electron chi connectivity index (χ0n) is 18.2. The van der Waals surface area contributed by atoms with Crippen molar-refractivity contribution in [3.8, 4) is 17.0 Å². The first-order valence-corrected chi connectivity index (χ1v) is 11.9. The summed E-state index contributed by atoms with van der Waals surface area (Å²) in [6, 6.07) is 12.3. The van der Waals surface area contributed by atoms with Gasteiger partial charge in [0.05, 0.1) is 18.2 Å². The Morgan fingerprint density at radius 1 is 1.16 bits per heavy atom. The van der Waals surface area contributed by atoms with Gasteiger partial charge in [-0.2, -0.15) is 0 Å². The lowest BCUT2D eigenvalue weighted by Crippen LogP contribution is -2.19. The first-order chi connectivity index (χ1) is 15.6. The van der Waals surface area contributed by atoms with Gasteiger partial charge in [0.15, 0.2) is 0 Å². The van der Waals surface area contributed by atoms with E-state index >= 15 is 0 Å². The summed E-state index contributed by atoms with van der Waals surface area (Å²) >= 11 is 6.24. The third-order valence-corrected chi connectivity index (χ3v) is 8.45. The molecule has 2 aliphatic carbocycles. The summed E-state index contributed by atoms with van der Waals surface area (Å²) in [6.45, 7) is 0.553. The van der Waals surface area contributed by atoms with Crippen LogP contribution in [0.3, 0.4) is 0 Å². The van der Waals surface area contributed by atoms with E-state index in [1.807, 2.05) is 18.2 Å². The van der Waals surface area contributed by atoms with Crippen molar-refractivity contribution in [1.29, 1.82) is 0 Å².